The summed E-state index contributed by atoms with van der Waals surface area (Å²) in [7, 11) is 3.25. The molecule has 2 aromatic rings. The Balaban J connectivity index is 1.28. The number of piperidine rings is 1. The van der Waals surface area contributed by atoms with Gasteiger partial charge in [-0.1, -0.05) is 31.0 Å². The fourth-order valence-corrected chi connectivity index (χ4v) is 8.52. The minimum atomic E-state index is -4.51. The van der Waals surface area contributed by atoms with Gasteiger partial charge in [0.25, 0.3) is 0 Å². The van der Waals surface area contributed by atoms with E-state index in [9.17, 15) is 27.9 Å². The summed E-state index contributed by atoms with van der Waals surface area (Å²) in [4.78, 5) is 32.6. The Bertz CT molecular complexity index is 1410. The SMILES string of the molecule is COC[C@@H]1C[C@@H](c2ccc(C(F)(F)F)cc2N2CCC(C(=O)O)CC2)CN1C(=O)[C@@H]1CN(C2CCCC2)C[C@H]1c1ccc(OC)cc1. The van der Waals surface area contributed by atoms with E-state index in [2.05, 4.69) is 17.0 Å². The molecule has 0 radical (unpaired) electrons. The number of carboxylic acids is 1. The van der Waals surface area contributed by atoms with Gasteiger partial charge in [-0.25, -0.2) is 0 Å². The third-order valence-corrected chi connectivity index (χ3v) is 11.1. The maximum atomic E-state index is 14.7. The smallest absolute Gasteiger partial charge is 0.416 e. The largest absolute Gasteiger partial charge is 0.497 e. The molecule has 0 aromatic heterocycles. The molecule has 0 unspecified atom stereocenters. The van der Waals surface area contributed by atoms with Crippen LogP contribution in [-0.4, -0.2) is 92.4 Å². The van der Waals surface area contributed by atoms with E-state index in [4.69, 9.17) is 9.47 Å². The number of carbonyl (C=O) groups excluding carboxylic acids is 1. The molecule has 3 aliphatic heterocycles. The van der Waals surface area contributed by atoms with Crippen molar-refractivity contribution >= 4 is 17.6 Å². The van der Waals surface area contributed by atoms with Gasteiger partial charge in [-0.05, 0) is 67.5 Å². The molecular formula is C36H46F3N3O5. The van der Waals surface area contributed by atoms with E-state index >= 15 is 0 Å². The molecule has 256 valence electrons. The lowest BCUT2D eigenvalue weighted by molar-refractivity contribution is -0.142. The lowest BCUT2D eigenvalue weighted by atomic mass is 9.87. The Hall–Kier alpha value is -3.31. The van der Waals surface area contributed by atoms with Crippen LogP contribution in [-0.2, 0) is 20.5 Å². The van der Waals surface area contributed by atoms with E-state index in [1.54, 1.807) is 20.3 Å². The Morgan fingerprint density at radius 1 is 0.936 bits per heavy atom. The molecule has 3 saturated heterocycles. The quantitative estimate of drug-likeness (QED) is 0.354. The molecule has 6 rings (SSSR count). The molecule has 11 heteroatoms. The fraction of sp³-hybridized carbons (Fsp3) is 0.611. The van der Waals surface area contributed by atoms with E-state index in [1.807, 2.05) is 21.9 Å². The fourth-order valence-electron chi connectivity index (χ4n) is 8.52. The highest BCUT2D eigenvalue weighted by Gasteiger charge is 2.47. The summed E-state index contributed by atoms with van der Waals surface area (Å²) in [6.07, 6.45) is 1.53. The van der Waals surface area contributed by atoms with Crippen LogP contribution in [0, 0.1) is 11.8 Å². The zero-order valence-electron chi connectivity index (χ0n) is 27.3. The number of methoxy groups -OCH3 is 2. The minimum absolute atomic E-state index is 0.0217. The van der Waals surface area contributed by atoms with Crippen molar-refractivity contribution in [3.05, 3.63) is 59.2 Å². The van der Waals surface area contributed by atoms with Crippen molar-refractivity contribution < 1.29 is 37.3 Å². The average molecular weight is 658 g/mol. The van der Waals surface area contributed by atoms with Crippen molar-refractivity contribution in [3.63, 3.8) is 0 Å². The van der Waals surface area contributed by atoms with Gasteiger partial charge < -0.3 is 24.4 Å². The highest BCUT2D eigenvalue weighted by atomic mass is 19.4. The minimum Gasteiger partial charge on any atom is -0.497 e. The lowest BCUT2D eigenvalue weighted by Gasteiger charge is -2.34. The molecule has 4 fully saturated rings. The zero-order chi connectivity index (χ0) is 33.3. The first kappa shape index (κ1) is 33.6. The van der Waals surface area contributed by atoms with Gasteiger partial charge in [0.2, 0.25) is 5.91 Å². The summed E-state index contributed by atoms with van der Waals surface area (Å²) in [5.41, 5.74) is 1.65. The normalized spacial score (nSPS) is 26.3. The number of amides is 1. The highest BCUT2D eigenvalue weighted by molar-refractivity contribution is 5.82. The summed E-state index contributed by atoms with van der Waals surface area (Å²) in [6.45, 7) is 2.97. The van der Waals surface area contributed by atoms with Gasteiger partial charge in [0.1, 0.15) is 5.75 Å². The van der Waals surface area contributed by atoms with Crippen LogP contribution in [0.15, 0.2) is 42.5 Å². The second kappa shape index (κ2) is 14.0. The molecule has 4 aliphatic rings. The van der Waals surface area contributed by atoms with Crippen LogP contribution in [0.25, 0.3) is 0 Å². The number of nitrogens with zero attached hydrogens (tertiary/aromatic N) is 3. The van der Waals surface area contributed by atoms with Crippen molar-refractivity contribution in [2.75, 3.05) is 58.5 Å². The van der Waals surface area contributed by atoms with Gasteiger partial charge in [0, 0.05) is 63.4 Å². The van der Waals surface area contributed by atoms with E-state index in [0.29, 0.717) is 63.8 Å². The van der Waals surface area contributed by atoms with E-state index in [0.717, 1.165) is 42.3 Å². The number of hydrogen-bond acceptors (Lipinski definition) is 6. The lowest BCUT2D eigenvalue weighted by Crippen LogP contribution is -2.44. The van der Waals surface area contributed by atoms with Crippen LogP contribution in [0.1, 0.15) is 73.5 Å². The Kier molecular flexibility index (Phi) is 10.0. The third-order valence-electron chi connectivity index (χ3n) is 11.1. The molecule has 1 aliphatic carbocycles. The van der Waals surface area contributed by atoms with E-state index < -0.39 is 23.6 Å². The first-order chi connectivity index (χ1) is 22.6. The Morgan fingerprint density at radius 3 is 2.26 bits per heavy atom. The number of anilines is 1. The second-order valence-electron chi connectivity index (χ2n) is 13.8. The zero-order valence-corrected chi connectivity index (χ0v) is 27.3. The standard InChI is InChI=1S/C36H46F3N3O5/c1-46-22-28-17-25(30-12-9-26(36(37,38)39)18-33(30)40-15-13-24(14-16-40)35(44)45)19-42(28)34(43)32-21-41(27-5-3-4-6-27)20-31(32)23-7-10-29(47-2)11-8-23/h7-12,18,24-25,27-28,31-32H,3-6,13-17,19-22H2,1-2H3,(H,44,45)/t25-,28+,31+,32-/m1/s1. The Labute approximate surface area is 274 Å². The number of aliphatic carboxylic acids is 1. The van der Waals surface area contributed by atoms with Gasteiger partial charge in [-0.2, -0.15) is 13.2 Å². The number of hydrogen-bond donors (Lipinski definition) is 1. The van der Waals surface area contributed by atoms with Crippen molar-refractivity contribution in [3.8, 4) is 5.75 Å². The molecule has 8 nitrogen and oxygen atoms in total. The summed E-state index contributed by atoms with van der Waals surface area (Å²) in [5.74, 6) is -0.929. The van der Waals surface area contributed by atoms with Crippen LogP contribution in [0.2, 0.25) is 0 Å². The number of alkyl halides is 3. The topological polar surface area (TPSA) is 82.5 Å². The van der Waals surface area contributed by atoms with Gasteiger partial charge in [0.15, 0.2) is 0 Å². The van der Waals surface area contributed by atoms with Crippen LogP contribution >= 0.6 is 0 Å². The number of rotatable bonds is 9. The molecule has 47 heavy (non-hydrogen) atoms. The average Bonchev–Trinajstić information content (AvgIpc) is 3.85. The number of likely N-dealkylation sites (tertiary alicyclic amines) is 2. The van der Waals surface area contributed by atoms with Crippen molar-refractivity contribution in [1.29, 1.82) is 0 Å². The molecule has 0 bridgehead atoms. The third kappa shape index (κ3) is 7.11. The predicted molar refractivity (Wildman–Crippen MR) is 172 cm³/mol. The van der Waals surface area contributed by atoms with Crippen LogP contribution in [0.3, 0.4) is 0 Å². The molecule has 1 amide bonds. The van der Waals surface area contributed by atoms with E-state index in [1.165, 1.54) is 18.9 Å². The Morgan fingerprint density at radius 2 is 1.64 bits per heavy atom. The number of carboxylic acid groups (broad SMARTS) is 1. The van der Waals surface area contributed by atoms with E-state index in [-0.39, 0.29) is 29.7 Å². The summed E-state index contributed by atoms with van der Waals surface area (Å²) >= 11 is 0. The number of ether oxygens (including phenoxy) is 2. The monoisotopic (exact) mass is 657 g/mol. The summed E-state index contributed by atoms with van der Waals surface area (Å²) in [6, 6.07) is 12.2. The van der Waals surface area contributed by atoms with Crippen LogP contribution in [0.4, 0.5) is 18.9 Å². The van der Waals surface area contributed by atoms with Gasteiger partial charge in [-0.15, -0.1) is 0 Å². The molecule has 0 spiro atoms. The van der Waals surface area contributed by atoms with Gasteiger partial charge >= 0.3 is 12.1 Å². The van der Waals surface area contributed by atoms with Gasteiger partial charge in [-0.3, -0.25) is 14.5 Å². The molecular weight excluding hydrogens is 611 g/mol. The number of halogens is 3. The predicted octanol–water partition coefficient (Wildman–Crippen LogP) is 6.00. The first-order valence-corrected chi connectivity index (χ1v) is 16.9. The number of benzene rings is 2. The summed E-state index contributed by atoms with van der Waals surface area (Å²) in [5, 5.41) is 9.49. The van der Waals surface area contributed by atoms with Gasteiger partial charge in [0.05, 0.1) is 37.2 Å². The summed E-state index contributed by atoms with van der Waals surface area (Å²) < 4.78 is 52.7. The first-order valence-electron chi connectivity index (χ1n) is 16.9. The molecule has 1 N–H and O–H groups in total. The van der Waals surface area contributed by atoms with Crippen molar-refractivity contribution in [2.45, 2.75) is 75.0 Å². The maximum absolute atomic E-state index is 14.7. The van der Waals surface area contributed by atoms with Crippen molar-refractivity contribution in [2.24, 2.45) is 11.8 Å². The maximum Gasteiger partial charge on any atom is 0.416 e. The number of carbonyl (C=O) groups is 2. The molecule has 2 aromatic carbocycles. The van der Waals surface area contributed by atoms with Crippen LogP contribution in [0.5, 0.6) is 5.75 Å². The second-order valence-corrected chi connectivity index (χ2v) is 13.8. The molecule has 4 atom stereocenters. The highest BCUT2D eigenvalue weighted by Crippen LogP contribution is 2.44. The molecule has 1 saturated carbocycles. The van der Waals surface area contributed by atoms with Crippen molar-refractivity contribution in [1.82, 2.24) is 9.80 Å². The molecule has 3 heterocycles. The van der Waals surface area contributed by atoms with Crippen LogP contribution < -0.4 is 9.64 Å².